The number of rotatable bonds is 1. The first-order valence-corrected chi connectivity index (χ1v) is 5.82. The molecule has 19 heavy (non-hydrogen) atoms. The number of esters is 1. The Morgan fingerprint density at radius 1 is 1.26 bits per heavy atom. The zero-order valence-corrected chi connectivity index (χ0v) is 11.1. The van der Waals surface area contributed by atoms with E-state index in [0.29, 0.717) is 11.3 Å². The van der Waals surface area contributed by atoms with Crippen LogP contribution in [0.3, 0.4) is 0 Å². The van der Waals surface area contributed by atoms with Gasteiger partial charge in [-0.15, -0.1) is 0 Å². The second-order valence-electron chi connectivity index (χ2n) is 4.04. The van der Waals surface area contributed by atoms with Gasteiger partial charge >= 0.3 is 5.97 Å². The van der Waals surface area contributed by atoms with Gasteiger partial charge in [-0.2, -0.15) is 5.10 Å². The molecule has 0 unspecified atom stereocenters. The molecule has 0 aliphatic rings. The lowest BCUT2D eigenvalue weighted by atomic mass is 10.1. The minimum atomic E-state index is -0.414. The quantitative estimate of drug-likeness (QED) is 0.577. The summed E-state index contributed by atoms with van der Waals surface area (Å²) in [5.41, 5.74) is 2.48. The molecule has 1 aromatic carbocycles. The fraction of sp³-hybridized carbons (Fsp3) is 0.200. The lowest BCUT2D eigenvalue weighted by molar-refractivity contribution is 0.0599. The highest BCUT2D eigenvalue weighted by molar-refractivity contribution is 5.93. The van der Waals surface area contributed by atoms with Crippen LogP contribution >= 0.6 is 0 Å². The van der Waals surface area contributed by atoms with Gasteiger partial charge in [-0.05, 0) is 25.0 Å². The third-order valence-corrected chi connectivity index (χ3v) is 2.82. The molecular weight excluding hydrogens is 240 g/mol. The summed E-state index contributed by atoms with van der Waals surface area (Å²) in [5, 5.41) is 4.24. The van der Waals surface area contributed by atoms with Gasteiger partial charge < -0.3 is 4.74 Å². The van der Waals surface area contributed by atoms with Gasteiger partial charge in [0.2, 0.25) is 0 Å². The van der Waals surface area contributed by atoms with Gasteiger partial charge in [0.15, 0.2) is 0 Å². The van der Waals surface area contributed by atoms with Crippen LogP contribution in [0.1, 0.15) is 27.3 Å². The van der Waals surface area contributed by atoms with Crippen molar-refractivity contribution in [2.45, 2.75) is 6.92 Å². The largest absolute Gasteiger partial charge is 0.465 e. The van der Waals surface area contributed by atoms with Crippen LogP contribution in [-0.4, -0.2) is 22.9 Å². The number of hydrogen-bond acceptors (Lipinski definition) is 3. The van der Waals surface area contributed by atoms with Crippen LogP contribution in [0, 0.1) is 18.8 Å². The summed E-state index contributed by atoms with van der Waals surface area (Å²) in [6.07, 6.45) is 0. The Hall–Kier alpha value is -2.54. The zero-order chi connectivity index (χ0) is 13.8. The molecule has 0 spiro atoms. The van der Waals surface area contributed by atoms with Gasteiger partial charge in [-0.1, -0.05) is 24.1 Å². The molecule has 0 N–H and O–H groups in total. The average molecular weight is 254 g/mol. The van der Waals surface area contributed by atoms with E-state index in [1.807, 2.05) is 37.3 Å². The molecule has 0 atom stereocenters. The minimum Gasteiger partial charge on any atom is -0.465 e. The molecule has 4 heteroatoms. The predicted octanol–water partition coefficient (Wildman–Crippen LogP) is 1.91. The molecule has 0 fully saturated rings. The van der Waals surface area contributed by atoms with E-state index in [1.165, 1.54) is 7.11 Å². The summed E-state index contributed by atoms with van der Waals surface area (Å²) in [4.78, 5) is 11.7. The minimum absolute atomic E-state index is 0.414. The molecule has 0 aliphatic heterocycles. The molecule has 0 radical (unpaired) electrons. The summed E-state index contributed by atoms with van der Waals surface area (Å²) in [7, 11) is 3.12. The number of nitrogens with zero attached hydrogens (tertiary/aromatic N) is 2. The summed E-state index contributed by atoms with van der Waals surface area (Å²) in [6, 6.07) is 9.56. The van der Waals surface area contributed by atoms with Crippen molar-refractivity contribution < 1.29 is 9.53 Å². The standard InChI is InChI=1S/C15H14N2O2/c1-11-14(15(18)19-3)13(16-17(11)2)10-9-12-7-5-4-6-8-12/h4-8H,1-3H3. The molecule has 2 rings (SSSR count). The molecular formula is C15H14N2O2. The molecule has 0 saturated heterocycles. The number of benzene rings is 1. The Balaban J connectivity index is 2.44. The van der Waals surface area contributed by atoms with Gasteiger partial charge in [-0.3, -0.25) is 4.68 Å². The lowest BCUT2D eigenvalue weighted by Crippen LogP contribution is -2.04. The van der Waals surface area contributed by atoms with Crippen LogP contribution in [-0.2, 0) is 11.8 Å². The number of aryl methyl sites for hydroxylation is 1. The SMILES string of the molecule is COC(=O)c1c(C#Cc2ccccc2)nn(C)c1C. The van der Waals surface area contributed by atoms with Crippen molar-refractivity contribution in [1.29, 1.82) is 0 Å². The van der Waals surface area contributed by atoms with Crippen molar-refractivity contribution in [2.75, 3.05) is 7.11 Å². The predicted molar refractivity (Wildman–Crippen MR) is 71.7 cm³/mol. The zero-order valence-electron chi connectivity index (χ0n) is 11.1. The van der Waals surface area contributed by atoms with Gasteiger partial charge in [-0.25, -0.2) is 4.79 Å². The van der Waals surface area contributed by atoms with E-state index in [4.69, 9.17) is 4.74 Å². The first-order valence-electron chi connectivity index (χ1n) is 5.82. The van der Waals surface area contributed by atoms with Gasteiger partial charge in [0.25, 0.3) is 0 Å². The van der Waals surface area contributed by atoms with Crippen LogP contribution in [0.4, 0.5) is 0 Å². The molecule has 1 aromatic heterocycles. The Morgan fingerprint density at radius 2 is 1.95 bits per heavy atom. The Bertz CT molecular complexity index is 661. The number of carbonyl (C=O) groups excluding carboxylic acids is 1. The fourth-order valence-corrected chi connectivity index (χ4v) is 1.69. The molecule has 96 valence electrons. The van der Waals surface area contributed by atoms with Gasteiger partial charge in [0, 0.05) is 12.6 Å². The highest BCUT2D eigenvalue weighted by Crippen LogP contribution is 2.13. The summed E-state index contributed by atoms with van der Waals surface area (Å²) in [5.74, 6) is 5.50. The van der Waals surface area contributed by atoms with E-state index >= 15 is 0 Å². The van der Waals surface area contributed by atoms with Crippen molar-refractivity contribution in [1.82, 2.24) is 9.78 Å². The Kier molecular flexibility index (Phi) is 3.67. The van der Waals surface area contributed by atoms with Crippen LogP contribution < -0.4 is 0 Å². The van der Waals surface area contributed by atoms with Crippen molar-refractivity contribution in [2.24, 2.45) is 7.05 Å². The van der Waals surface area contributed by atoms with Crippen LogP contribution in [0.25, 0.3) is 0 Å². The maximum atomic E-state index is 11.7. The van der Waals surface area contributed by atoms with E-state index in [-0.39, 0.29) is 0 Å². The Morgan fingerprint density at radius 3 is 2.58 bits per heavy atom. The number of hydrogen-bond donors (Lipinski definition) is 0. The van der Waals surface area contributed by atoms with Crippen molar-refractivity contribution in [3.05, 3.63) is 52.8 Å². The highest BCUT2D eigenvalue weighted by Gasteiger charge is 2.19. The van der Waals surface area contributed by atoms with Crippen molar-refractivity contribution >= 4 is 5.97 Å². The van der Waals surface area contributed by atoms with E-state index in [2.05, 4.69) is 16.9 Å². The second-order valence-corrected chi connectivity index (χ2v) is 4.04. The number of carbonyl (C=O) groups is 1. The maximum Gasteiger partial charge on any atom is 0.342 e. The summed E-state index contributed by atoms with van der Waals surface area (Å²) in [6.45, 7) is 1.81. The van der Waals surface area contributed by atoms with E-state index in [9.17, 15) is 4.79 Å². The monoisotopic (exact) mass is 254 g/mol. The molecule has 0 bridgehead atoms. The maximum absolute atomic E-state index is 11.7. The van der Waals surface area contributed by atoms with E-state index in [1.54, 1.807) is 11.7 Å². The third-order valence-electron chi connectivity index (χ3n) is 2.82. The first kappa shape index (κ1) is 12.9. The van der Waals surface area contributed by atoms with Crippen LogP contribution in [0.15, 0.2) is 30.3 Å². The number of methoxy groups -OCH3 is 1. The number of ether oxygens (including phenoxy) is 1. The normalized spacial score (nSPS) is 9.63. The van der Waals surface area contributed by atoms with Crippen LogP contribution in [0.2, 0.25) is 0 Å². The average Bonchev–Trinajstić information content (AvgIpc) is 2.72. The molecule has 4 nitrogen and oxygen atoms in total. The third kappa shape index (κ3) is 2.66. The molecule has 1 heterocycles. The van der Waals surface area contributed by atoms with E-state index < -0.39 is 5.97 Å². The molecule has 2 aromatic rings. The summed E-state index contributed by atoms with van der Waals surface area (Å²) >= 11 is 0. The van der Waals surface area contributed by atoms with Crippen LogP contribution in [0.5, 0.6) is 0 Å². The van der Waals surface area contributed by atoms with Gasteiger partial charge in [0.1, 0.15) is 11.3 Å². The molecule has 0 saturated carbocycles. The second kappa shape index (κ2) is 5.40. The molecule has 0 amide bonds. The summed E-state index contributed by atoms with van der Waals surface area (Å²) < 4.78 is 6.39. The molecule has 0 aliphatic carbocycles. The first-order chi connectivity index (χ1) is 9.13. The number of aromatic nitrogens is 2. The topological polar surface area (TPSA) is 44.1 Å². The fourth-order valence-electron chi connectivity index (χ4n) is 1.69. The smallest absolute Gasteiger partial charge is 0.342 e. The van der Waals surface area contributed by atoms with E-state index in [0.717, 1.165) is 11.3 Å². The van der Waals surface area contributed by atoms with Crippen molar-refractivity contribution in [3.8, 4) is 11.8 Å². The van der Waals surface area contributed by atoms with Gasteiger partial charge in [0.05, 0.1) is 12.8 Å². The highest BCUT2D eigenvalue weighted by atomic mass is 16.5. The van der Waals surface area contributed by atoms with Crippen molar-refractivity contribution in [3.63, 3.8) is 0 Å². The Labute approximate surface area is 112 Å². The lowest BCUT2D eigenvalue weighted by Gasteiger charge is -1.97.